The third kappa shape index (κ3) is 4.22. The monoisotopic (exact) mass is 310 g/mol. The molecule has 112 valence electrons. The summed E-state index contributed by atoms with van der Waals surface area (Å²) in [5, 5.41) is 3.60. The van der Waals surface area contributed by atoms with E-state index in [1.165, 1.54) is 18.5 Å². The minimum atomic E-state index is -0.388. The molecule has 0 aliphatic rings. The minimum Gasteiger partial charge on any atom is -0.310 e. The molecule has 2 rings (SSSR count). The molecule has 1 aromatic heterocycles. The Hall–Kier alpha value is -1.52. The number of nitrogens with zero attached hydrogens (tertiary/aromatic N) is 1. The molecule has 0 radical (unpaired) electrons. The topological polar surface area (TPSA) is 24.9 Å². The van der Waals surface area contributed by atoms with Gasteiger partial charge in [0.1, 0.15) is 11.6 Å². The van der Waals surface area contributed by atoms with Gasteiger partial charge in [0.05, 0.1) is 6.20 Å². The number of hydrogen-bond acceptors (Lipinski definition) is 2. The number of pyridine rings is 1. The fraction of sp³-hybridized carbons (Fsp3) is 0.312. The van der Waals surface area contributed by atoms with Crippen LogP contribution in [0.2, 0.25) is 5.02 Å². The van der Waals surface area contributed by atoms with Gasteiger partial charge in [0.25, 0.3) is 0 Å². The van der Waals surface area contributed by atoms with Crippen molar-refractivity contribution in [2.45, 2.75) is 25.8 Å². The molecule has 2 nitrogen and oxygen atoms in total. The predicted octanol–water partition coefficient (Wildman–Crippen LogP) is 4.30. The lowest BCUT2D eigenvalue weighted by Crippen LogP contribution is -2.25. The van der Waals surface area contributed by atoms with E-state index in [0.717, 1.165) is 13.0 Å². The first kappa shape index (κ1) is 15.9. The van der Waals surface area contributed by atoms with Crippen molar-refractivity contribution in [1.82, 2.24) is 10.3 Å². The van der Waals surface area contributed by atoms with Gasteiger partial charge in [0.15, 0.2) is 0 Å². The Labute approximate surface area is 128 Å². The molecule has 1 atom stereocenters. The van der Waals surface area contributed by atoms with Crippen molar-refractivity contribution in [3.63, 3.8) is 0 Å². The van der Waals surface area contributed by atoms with E-state index in [4.69, 9.17) is 11.6 Å². The molecule has 0 fully saturated rings. The molecule has 0 amide bonds. The molecule has 5 heteroatoms. The summed E-state index contributed by atoms with van der Waals surface area (Å²) in [4.78, 5) is 3.75. The van der Waals surface area contributed by atoms with Crippen LogP contribution in [0.15, 0.2) is 36.7 Å². The second kappa shape index (κ2) is 7.48. The van der Waals surface area contributed by atoms with Crippen LogP contribution >= 0.6 is 11.6 Å². The molecular weight excluding hydrogens is 294 g/mol. The van der Waals surface area contributed by atoms with Crippen LogP contribution in [-0.4, -0.2) is 11.5 Å². The van der Waals surface area contributed by atoms with E-state index in [1.54, 1.807) is 18.2 Å². The van der Waals surface area contributed by atoms with E-state index in [0.29, 0.717) is 22.6 Å². The molecule has 0 aliphatic carbocycles. The van der Waals surface area contributed by atoms with E-state index in [-0.39, 0.29) is 17.7 Å². The number of hydrogen-bond donors (Lipinski definition) is 1. The van der Waals surface area contributed by atoms with Gasteiger partial charge in [0.2, 0.25) is 0 Å². The van der Waals surface area contributed by atoms with Gasteiger partial charge in [-0.3, -0.25) is 4.98 Å². The molecule has 1 unspecified atom stereocenters. The van der Waals surface area contributed by atoms with E-state index < -0.39 is 0 Å². The van der Waals surface area contributed by atoms with E-state index in [2.05, 4.69) is 10.3 Å². The maximum atomic E-state index is 13.9. The lowest BCUT2D eigenvalue weighted by atomic mass is 9.98. The van der Waals surface area contributed by atoms with Crippen LogP contribution < -0.4 is 5.32 Å². The third-order valence-corrected chi connectivity index (χ3v) is 3.49. The summed E-state index contributed by atoms with van der Waals surface area (Å²) < 4.78 is 27.8. The maximum Gasteiger partial charge on any atom is 0.146 e. The lowest BCUT2D eigenvalue weighted by molar-refractivity contribution is 0.485. The van der Waals surface area contributed by atoms with E-state index in [9.17, 15) is 8.78 Å². The van der Waals surface area contributed by atoms with Gasteiger partial charge >= 0.3 is 0 Å². The first-order valence-electron chi connectivity index (χ1n) is 6.88. The number of benzene rings is 1. The Balaban J connectivity index is 2.26. The summed E-state index contributed by atoms with van der Waals surface area (Å²) in [6.07, 6.45) is 3.97. The van der Waals surface area contributed by atoms with Gasteiger partial charge in [-0.05, 0) is 43.1 Å². The number of aromatic nitrogens is 1. The highest BCUT2D eigenvalue weighted by Gasteiger charge is 2.17. The molecular formula is C16H17ClF2N2. The summed E-state index contributed by atoms with van der Waals surface area (Å²) in [6.45, 7) is 2.75. The maximum absolute atomic E-state index is 13.9. The molecule has 0 aliphatic heterocycles. The highest BCUT2D eigenvalue weighted by molar-refractivity contribution is 6.30. The van der Waals surface area contributed by atoms with E-state index >= 15 is 0 Å². The highest BCUT2D eigenvalue weighted by atomic mass is 35.5. The quantitative estimate of drug-likeness (QED) is 0.860. The second-order valence-electron chi connectivity index (χ2n) is 4.84. The number of halogens is 3. The van der Waals surface area contributed by atoms with Crippen LogP contribution in [0.25, 0.3) is 0 Å². The van der Waals surface area contributed by atoms with Crippen molar-refractivity contribution < 1.29 is 8.78 Å². The van der Waals surface area contributed by atoms with Crippen molar-refractivity contribution in [2.75, 3.05) is 6.54 Å². The van der Waals surface area contributed by atoms with Crippen LogP contribution in [0.1, 0.15) is 30.5 Å². The normalized spacial score (nSPS) is 12.4. The molecule has 2 aromatic rings. The Morgan fingerprint density at radius 2 is 2.05 bits per heavy atom. The first-order chi connectivity index (χ1) is 10.1. The van der Waals surface area contributed by atoms with Crippen LogP contribution in [-0.2, 0) is 6.42 Å². The molecule has 0 bridgehead atoms. The Morgan fingerprint density at radius 1 is 1.24 bits per heavy atom. The minimum absolute atomic E-state index is 0.302. The van der Waals surface area contributed by atoms with Crippen LogP contribution in [0.3, 0.4) is 0 Å². The van der Waals surface area contributed by atoms with Gasteiger partial charge in [-0.15, -0.1) is 0 Å². The van der Waals surface area contributed by atoms with Gasteiger partial charge in [-0.25, -0.2) is 8.78 Å². The summed E-state index contributed by atoms with van der Waals surface area (Å²) in [5.41, 5.74) is 0.997. The van der Waals surface area contributed by atoms with Gasteiger partial charge in [-0.1, -0.05) is 24.6 Å². The standard InChI is InChI=1S/C16H17ClF2N2/c1-2-6-21-16(13-5-7-20-10-15(13)19)8-11-3-4-12(17)9-14(11)18/h3-5,7,9-10,16,21H,2,6,8H2,1H3. The SMILES string of the molecule is CCCNC(Cc1ccc(Cl)cc1F)c1ccncc1F. The zero-order valence-corrected chi connectivity index (χ0v) is 12.5. The van der Waals surface area contributed by atoms with Crippen LogP contribution in [0.4, 0.5) is 8.78 Å². The van der Waals surface area contributed by atoms with Crippen molar-refractivity contribution in [2.24, 2.45) is 0 Å². The number of rotatable bonds is 6. The summed E-state index contributed by atoms with van der Waals surface area (Å²) in [5.74, 6) is -0.763. The molecule has 1 N–H and O–H groups in total. The van der Waals surface area contributed by atoms with Gasteiger partial charge < -0.3 is 5.32 Å². The van der Waals surface area contributed by atoms with Crippen LogP contribution in [0.5, 0.6) is 0 Å². The smallest absolute Gasteiger partial charge is 0.146 e. The molecule has 1 aromatic carbocycles. The lowest BCUT2D eigenvalue weighted by Gasteiger charge is -2.20. The third-order valence-electron chi connectivity index (χ3n) is 3.26. The summed E-state index contributed by atoms with van der Waals surface area (Å²) >= 11 is 5.76. The highest BCUT2D eigenvalue weighted by Crippen LogP contribution is 2.23. The zero-order chi connectivity index (χ0) is 15.2. The Kier molecular flexibility index (Phi) is 5.65. The Morgan fingerprint density at radius 3 is 2.71 bits per heavy atom. The molecule has 1 heterocycles. The van der Waals surface area contributed by atoms with Crippen molar-refractivity contribution in [1.29, 1.82) is 0 Å². The van der Waals surface area contributed by atoms with Gasteiger partial charge in [0, 0.05) is 22.8 Å². The molecule has 0 saturated heterocycles. The average Bonchev–Trinajstić information content (AvgIpc) is 2.46. The molecule has 0 spiro atoms. The Bertz CT molecular complexity index is 605. The largest absolute Gasteiger partial charge is 0.310 e. The molecule has 21 heavy (non-hydrogen) atoms. The fourth-order valence-electron chi connectivity index (χ4n) is 2.19. The van der Waals surface area contributed by atoms with Crippen molar-refractivity contribution in [3.05, 3.63) is 64.4 Å². The summed E-state index contributed by atoms with van der Waals surface area (Å²) in [6, 6.07) is 5.87. The van der Waals surface area contributed by atoms with E-state index in [1.807, 2.05) is 6.92 Å². The predicted molar refractivity (Wildman–Crippen MR) is 80.3 cm³/mol. The first-order valence-corrected chi connectivity index (χ1v) is 7.26. The zero-order valence-electron chi connectivity index (χ0n) is 11.7. The fourth-order valence-corrected chi connectivity index (χ4v) is 2.35. The van der Waals surface area contributed by atoms with Crippen LogP contribution in [0, 0.1) is 11.6 Å². The average molecular weight is 311 g/mol. The van der Waals surface area contributed by atoms with Crippen molar-refractivity contribution >= 4 is 11.6 Å². The van der Waals surface area contributed by atoms with Crippen molar-refractivity contribution in [3.8, 4) is 0 Å². The number of nitrogens with one attached hydrogen (secondary N) is 1. The van der Waals surface area contributed by atoms with Gasteiger partial charge in [-0.2, -0.15) is 0 Å². The molecule has 0 saturated carbocycles. The summed E-state index contributed by atoms with van der Waals surface area (Å²) in [7, 11) is 0. The second-order valence-corrected chi connectivity index (χ2v) is 5.28.